The van der Waals surface area contributed by atoms with Gasteiger partial charge in [-0.25, -0.2) is 8.42 Å². The Morgan fingerprint density at radius 3 is 2.76 bits per heavy atom. The molecule has 1 aromatic rings. The molecule has 0 amide bonds. The molecule has 118 valence electrons. The molecule has 2 aliphatic rings. The second kappa shape index (κ2) is 5.58. The summed E-state index contributed by atoms with van der Waals surface area (Å²) in [4.78, 5) is 0.134. The van der Waals surface area contributed by atoms with Crippen molar-refractivity contribution in [1.29, 1.82) is 0 Å². The van der Waals surface area contributed by atoms with E-state index in [1.807, 2.05) is 6.92 Å². The molecule has 0 spiro atoms. The number of aromatic nitrogens is 2. The minimum absolute atomic E-state index is 0.0881. The summed E-state index contributed by atoms with van der Waals surface area (Å²) in [6.07, 6.45) is 4.30. The van der Waals surface area contributed by atoms with E-state index in [4.69, 9.17) is 10.5 Å². The lowest BCUT2D eigenvalue weighted by Gasteiger charge is -2.23. The van der Waals surface area contributed by atoms with Gasteiger partial charge in [-0.2, -0.15) is 9.40 Å². The molecule has 1 unspecified atom stereocenters. The molecule has 8 heteroatoms. The fourth-order valence-electron chi connectivity index (χ4n) is 2.69. The van der Waals surface area contributed by atoms with Crippen molar-refractivity contribution in [3.63, 3.8) is 0 Å². The number of anilines is 1. The lowest BCUT2D eigenvalue weighted by molar-refractivity contribution is 0.180. The molecule has 21 heavy (non-hydrogen) atoms. The molecule has 2 heterocycles. The van der Waals surface area contributed by atoms with E-state index in [2.05, 4.69) is 5.10 Å². The summed E-state index contributed by atoms with van der Waals surface area (Å²) in [5.41, 5.74) is 5.81. The minimum atomic E-state index is -3.58. The lowest BCUT2D eigenvalue weighted by Crippen LogP contribution is -2.37. The van der Waals surface area contributed by atoms with Crippen molar-refractivity contribution in [2.75, 3.05) is 25.5 Å². The summed E-state index contributed by atoms with van der Waals surface area (Å²) in [5.74, 6) is 0.369. The first kappa shape index (κ1) is 14.8. The third-order valence-electron chi connectivity index (χ3n) is 4.08. The molecule has 1 saturated carbocycles. The average Bonchev–Trinajstić information content (AvgIpc) is 2.99. The van der Waals surface area contributed by atoms with Crippen LogP contribution in [0.15, 0.2) is 11.1 Å². The molecule has 2 N–H and O–H groups in total. The van der Waals surface area contributed by atoms with Gasteiger partial charge < -0.3 is 10.5 Å². The highest BCUT2D eigenvalue weighted by Gasteiger charge is 2.41. The maximum atomic E-state index is 12.9. The maximum absolute atomic E-state index is 12.9. The Bertz CT molecular complexity index is 603. The second-order valence-corrected chi connectivity index (χ2v) is 7.63. The molecular weight excluding hydrogens is 292 g/mol. The molecule has 1 atom stereocenters. The number of hydrogen-bond donors (Lipinski definition) is 1. The largest absolute Gasteiger partial charge is 0.381 e. The van der Waals surface area contributed by atoms with Crippen LogP contribution in [0.4, 0.5) is 5.82 Å². The normalized spacial score (nSPS) is 23.0. The van der Waals surface area contributed by atoms with Gasteiger partial charge in [0.05, 0.1) is 6.61 Å². The number of nitrogens with two attached hydrogens (primary N) is 1. The Labute approximate surface area is 125 Å². The van der Waals surface area contributed by atoms with Crippen LogP contribution in [0.1, 0.15) is 26.2 Å². The Balaban J connectivity index is 1.87. The quantitative estimate of drug-likeness (QED) is 0.833. The highest BCUT2D eigenvalue weighted by Crippen LogP contribution is 2.35. The zero-order chi connectivity index (χ0) is 15.0. The molecule has 2 fully saturated rings. The van der Waals surface area contributed by atoms with Gasteiger partial charge in [0, 0.05) is 31.9 Å². The van der Waals surface area contributed by atoms with Crippen LogP contribution in [-0.4, -0.2) is 48.3 Å². The average molecular weight is 314 g/mol. The van der Waals surface area contributed by atoms with Crippen molar-refractivity contribution in [1.82, 2.24) is 14.1 Å². The number of aryl methyl sites for hydroxylation is 1. The van der Waals surface area contributed by atoms with Gasteiger partial charge in [-0.05, 0) is 32.1 Å². The Hall–Kier alpha value is -1.12. The van der Waals surface area contributed by atoms with Crippen LogP contribution in [-0.2, 0) is 21.3 Å². The van der Waals surface area contributed by atoms with Crippen LogP contribution >= 0.6 is 0 Å². The minimum Gasteiger partial charge on any atom is -0.381 e. The van der Waals surface area contributed by atoms with Crippen molar-refractivity contribution in [2.24, 2.45) is 5.92 Å². The highest BCUT2D eigenvalue weighted by atomic mass is 32.2. The summed E-state index contributed by atoms with van der Waals surface area (Å²) >= 11 is 0. The van der Waals surface area contributed by atoms with Crippen LogP contribution < -0.4 is 5.73 Å². The number of nitrogens with zero attached hydrogens (tertiary/aromatic N) is 3. The fraction of sp³-hybridized carbons (Fsp3) is 0.769. The van der Waals surface area contributed by atoms with Gasteiger partial charge in [0.1, 0.15) is 4.90 Å². The molecule has 1 aromatic heterocycles. The van der Waals surface area contributed by atoms with Gasteiger partial charge >= 0.3 is 0 Å². The van der Waals surface area contributed by atoms with Crippen LogP contribution in [0.5, 0.6) is 0 Å². The van der Waals surface area contributed by atoms with E-state index in [9.17, 15) is 8.42 Å². The zero-order valence-electron chi connectivity index (χ0n) is 12.2. The predicted molar refractivity (Wildman–Crippen MR) is 78.2 cm³/mol. The Kier molecular flexibility index (Phi) is 3.94. The third-order valence-corrected chi connectivity index (χ3v) is 6.02. The molecule has 1 aliphatic heterocycles. The fourth-order valence-corrected chi connectivity index (χ4v) is 4.52. The summed E-state index contributed by atoms with van der Waals surface area (Å²) in [6, 6.07) is 0.111. The van der Waals surface area contributed by atoms with Crippen LogP contribution in [0.3, 0.4) is 0 Å². The molecule has 1 aliphatic carbocycles. The topological polar surface area (TPSA) is 90.5 Å². The maximum Gasteiger partial charge on any atom is 0.248 e. The second-order valence-electron chi connectivity index (χ2n) is 5.77. The van der Waals surface area contributed by atoms with Gasteiger partial charge in [0.15, 0.2) is 5.82 Å². The number of rotatable bonds is 6. The molecule has 7 nitrogen and oxygen atoms in total. The van der Waals surface area contributed by atoms with Gasteiger partial charge in [0.2, 0.25) is 10.0 Å². The van der Waals surface area contributed by atoms with E-state index >= 15 is 0 Å². The summed E-state index contributed by atoms with van der Waals surface area (Å²) in [6.45, 7) is 4.38. The van der Waals surface area contributed by atoms with Gasteiger partial charge in [0.25, 0.3) is 0 Å². The highest BCUT2D eigenvalue weighted by molar-refractivity contribution is 7.89. The van der Waals surface area contributed by atoms with E-state index in [1.54, 1.807) is 8.99 Å². The first-order valence-corrected chi connectivity index (χ1v) is 8.89. The molecule has 1 saturated heterocycles. The van der Waals surface area contributed by atoms with Gasteiger partial charge in [-0.3, -0.25) is 4.68 Å². The number of nitrogen functional groups attached to an aromatic ring is 1. The van der Waals surface area contributed by atoms with Gasteiger partial charge in [-0.15, -0.1) is 0 Å². The Morgan fingerprint density at radius 2 is 2.24 bits per heavy atom. The van der Waals surface area contributed by atoms with E-state index in [0.717, 1.165) is 25.9 Å². The van der Waals surface area contributed by atoms with Gasteiger partial charge in [-0.1, -0.05) is 0 Å². The van der Waals surface area contributed by atoms with Crippen molar-refractivity contribution in [3.05, 3.63) is 6.20 Å². The summed E-state index contributed by atoms with van der Waals surface area (Å²) in [5, 5.41) is 4.05. The zero-order valence-corrected chi connectivity index (χ0v) is 13.1. The first-order chi connectivity index (χ1) is 10.0. The number of ether oxygens (including phenoxy) is 1. The number of sulfonamides is 1. The third kappa shape index (κ3) is 2.93. The van der Waals surface area contributed by atoms with E-state index in [1.165, 1.54) is 6.20 Å². The van der Waals surface area contributed by atoms with Crippen LogP contribution in [0.2, 0.25) is 0 Å². The van der Waals surface area contributed by atoms with Crippen molar-refractivity contribution < 1.29 is 13.2 Å². The molecule has 0 radical (unpaired) electrons. The van der Waals surface area contributed by atoms with E-state index in [0.29, 0.717) is 19.7 Å². The summed E-state index contributed by atoms with van der Waals surface area (Å²) < 4.78 is 34.3. The van der Waals surface area contributed by atoms with Crippen molar-refractivity contribution >= 4 is 15.8 Å². The monoisotopic (exact) mass is 314 g/mol. The SMILES string of the molecule is CCn1cc(S(=O)(=O)N(CC2CCOC2)C2CC2)c(N)n1. The lowest BCUT2D eigenvalue weighted by atomic mass is 10.1. The van der Waals surface area contributed by atoms with E-state index < -0.39 is 10.0 Å². The smallest absolute Gasteiger partial charge is 0.248 e. The molecule has 3 rings (SSSR count). The molecule has 0 aromatic carbocycles. The van der Waals surface area contributed by atoms with E-state index in [-0.39, 0.29) is 22.7 Å². The van der Waals surface area contributed by atoms with Crippen LogP contribution in [0.25, 0.3) is 0 Å². The van der Waals surface area contributed by atoms with Crippen molar-refractivity contribution in [3.8, 4) is 0 Å². The Morgan fingerprint density at radius 1 is 1.48 bits per heavy atom. The van der Waals surface area contributed by atoms with Crippen LogP contribution in [0, 0.1) is 5.92 Å². The number of hydrogen-bond acceptors (Lipinski definition) is 5. The predicted octanol–water partition coefficient (Wildman–Crippen LogP) is 0.675. The summed E-state index contributed by atoms with van der Waals surface area (Å²) in [7, 11) is -3.58. The standard InChI is InChI=1S/C13H22N4O3S/c1-2-16-8-12(13(14)15-16)21(18,19)17(11-3-4-11)7-10-5-6-20-9-10/h8,10-11H,2-7,9H2,1H3,(H2,14,15). The van der Waals surface area contributed by atoms with Crippen molar-refractivity contribution in [2.45, 2.75) is 43.7 Å². The first-order valence-electron chi connectivity index (χ1n) is 7.45. The molecular formula is C13H22N4O3S. The molecule has 0 bridgehead atoms.